The summed E-state index contributed by atoms with van der Waals surface area (Å²) in [6.07, 6.45) is 0. The van der Waals surface area contributed by atoms with Crippen LogP contribution in [0.3, 0.4) is 0 Å². The van der Waals surface area contributed by atoms with Gasteiger partial charge in [-0.05, 0) is 37.3 Å². The zero-order chi connectivity index (χ0) is 23.0. The summed E-state index contributed by atoms with van der Waals surface area (Å²) >= 11 is 0. The quantitative estimate of drug-likeness (QED) is 0.458. The zero-order valence-electron chi connectivity index (χ0n) is 18.1. The van der Waals surface area contributed by atoms with Crippen molar-refractivity contribution in [3.63, 3.8) is 0 Å². The zero-order valence-corrected chi connectivity index (χ0v) is 19.0. The van der Waals surface area contributed by atoms with Crippen LogP contribution in [0.5, 0.6) is 0 Å². The summed E-state index contributed by atoms with van der Waals surface area (Å²) < 4.78 is 36.1. The molecule has 1 N–H and O–H groups in total. The van der Waals surface area contributed by atoms with Crippen LogP contribution in [-0.2, 0) is 27.8 Å². The van der Waals surface area contributed by atoms with E-state index >= 15 is 0 Å². The van der Waals surface area contributed by atoms with Gasteiger partial charge in [-0.25, -0.2) is 8.42 Å². The molecule has 0 bridgehead atoms. The van der Waals surface area contributed by atoms with Crippen molar-refractivity contribution in [3.05, 3.63) is 64.7 Å². The molecule has 0 aliphatic carbocycles. The van der Waals surface area contributed by atoms with E-state index in [1.54, 1.807) is 28.8 Å². The lowest BCUT2D eigenvalue weighted by Gasteiger charge is -2.26. The number of morpholine rings is 1. The number of nitrogens with one attached hydrogen (secondary N) is 1. The molecule has 10 nitrogen and oxygen atoms in total. The Morgan fingerprint density at radius 2 is 1.85 bits per heavy atom. The number of anilines is 1. The number of aromatic nitrogens is 4. The molecule has 1 fully saturated rings. The van der Waals surface area contributed by atoms with Gasteiger partial charge in [0.25, 0.3) is 5.56 Å². The molecule has 0 saturated carbocycles. The molecule has 11 heteroatoms. The normalized spacial score (nSPS) is 15.3. The Hall–Kier alpha value is -3.28. The fourth-order valence-electron chi connectivity index (χ4n) is 4.10. The molecular formula is C22H24N6O4S. The lowest BCUT2D eigenvalue weighted by Crippen LogP contribution is -2.40. The predicted molar refractivity (Wildman–Crippen MR) is 124 cm³/mol. The molecule has 0 radical (unpaired) electrons. The maximum Gasteiger partial charge on any atom is 0.262 e. The highest BCUT2D eigenvalue weighted by molar-refractivity contribution is 7.89. The lowest BCUT2D eigenvalue weighted by molar-refractivity contribution is 0.0730. The monoisotopic (exact) mass is 468 g/mol. The number of fused-ring (bicyclic) bond motifs is 3. The molecule has 4 aromatic rings. The number of aryl methyl sites for hydroxylation is 1. The van der Waals surface area contributed by atoms with Crippen molar-refractivity contribution in [2.24, 2.45) is 0 Å². The summed E-state index contributed by atoms with van der Waals surface area (Å²) in [4.78, 5) is 13.0. The molecule has 5 rings (SSSR count). The Morgan fingerprint density at radius 1 is 1.06 bits per heavy atom. The first-order chi connectivity index (χ1) is 16.0. The fraction of sp³-hybridized carbons (Fsp3) is 0.318. The lowest BCUT2D eigenvalue weighted by atomic mass is 10.2. The molecule has 0 atom stereocenters. The highest BCUT2D eigenvalue weighted by Gasteiger charge is 2.26. The van der Waals surface area contributed by atoms with Gasteiger partial charge in [-0.2, -0.15) is 4.31 Å². The van der Waals surface area contributed by atoms with E-state index in [0.717, 1.165) is 5.52 Å². The highest BCUT2D eigenvalue weighted by atomic mass is 32.2. The third-order valence-corrected chi connectivity index (χ3v) is 7.68. The predicted octanol–water partition coefficient (Wildman–Crippen LogP) is 1.70. The standard InChI is InChI=1S/C22H24N6O4S/c1-2-27-21(29)18-8-3-4-9-19(18)28-20(24-25-22(27)28)15-23-16-6-5-7-17(14-16)33(30,31)26-10-12-32-13-11-26/h3-9,14,23H,2,10-13,15H2,1H3. The summed E-state index contributed by atoms with van der Waals surface area (Å²) in [6, 6.07) is 14.1. The second-order valence-corrected chi connectivity index (χ2v) is 9.65. The Kier molecular flexibility index (Phi) is 5.60. The van der Waals surface area contributed by atoms with Gasteiger partial charge in [-0.1, -0.05) is 18.2 Å². The van der Waals surface area contributed by atoms with Gasteiger partial charge >= 0.3 is 0 Å². The molecule has 172 valence electrons. The van der Waals surface area contributed by atoms with Gasteiger partial charge in [0.15, 0.2) is 5.82 Å². The van der Waals surface area contributed by atoms with Crippen LogP contribution >= 0.6 is 0 Å². The number of rotatable bonds is 6. The van der Waals surface area contributed by atoms with E-state index in [2.05, 4.69) is 15.5 Å². The van der Waals surface area contributed by atoms with Gasteiger partial charge in [-0.15, -0.1) is 10.2 Å². The number of para-hydroxylation sites is 1. The van der Waals surface area contributed by atoms with Crippen LogP contribution in [0.2, 0.25) is 0 Å². The number of benzene rings is 2. The minimum atomic E-state index is -3.59. The van der Waals surface area contributed by atoms with Gasteiger partial charge < -0.3 is 10.1 Å². The Bertz CT molecular complexity index is 1490. The van der Waals surface area contributed by atoms with Crippen LogP contribution in [0, 0.1) is 0 Å². The molecule has 1 aliphatic heterocycles. The van der Waals surface area contributed by atoms with Crippen molar-refractivity contribution in [3.8, 4) is 0 Å². The molecule has 33 heavy (non-hydrogen) atoms. The van der Waals surface area contributed by atoms with Gasteiger partial charge in [0.1, 0.15) is 0 Å². The number of nitrogens with zero attached hydrogens (tertiary/aromatic N) is 5. The Morgan fingerprint density at radius 3 is 2.64 bits per heavy atom. The largest absolute Gasteiger partial charge is 0.379 e. The van der Waals surface area contributed by atoms with Crippen LogP contribution in [0.4, 0.5) is 5.69 Å². The first kappa shape index (κ1) is 21.6. The Balaban J connectivity index is 1.47. The third-order valence-electron chi connectivity index (χ3n) is 5.78. The van der Waals surface area contributed by atoms with Gasteiger partial charge in [-0.3, -0.25) is 13.8 Å². The molecule has 2 aromatic carbocycles. The minimum absolute atomic E-state index is 0.103. The van der Waals surface area contributed by atoms with Crippen LogP contribution in [-0.4, -0.2) is 58.2 Å². The topological polar surface area (TPSA) is 111 Å². The van der Waals surface area contributed by atoms with Gasteiger partial charge in [0.05, 0.1) is 35.6 Å². The fourth-order valence-corrected chi connectivity index (χ4v) is 5.55. The molecule has 0 unspecified atom stereocenters. The summed E-state index contributed by atoms with van der Waals surface area (Å²) in [5.41, 5.74) is 1.27. The van der Waals surface area contributed by atoms with Gasteiger partial charge in [0.2, 0.25) is 15.8 Å². The van der Waals surface area contributed by atoms with Crippen molar-refractivity contribution in [1.29, 1.82) is 0 Å². The second-order valence-electron chi connectivity index (χ2n) is 7.72. The summed E-state index contributed by atoms with van der Waals surface area (Å²) in [5, 5.41) is 12.4. The van der Waals surface area contributed by atoms with E-state index in [0.29, 0.717) is 62.1 Å². The molecule has 2 aromatic heterocycles. The second kappa shape index (κ2) is 8.58. The number of hydrogen-bond donors (Lipinski definition) is 1. The van der Waals surface area contributed by atoms with Crippen LogP contribution in [0.1, 0.15) is 12.7 Å². The maximum atomic E-state index is 13.0. The average Bonchev–Trinajstić information content (AvgIpc) is 3.28. The van der Waals surface area contributed by atoms with E-state index in [4.69, 9.17) is 4.74 Å². The maximum absolute atomic E-state index is 13.0. The molecular weight excluding hydrogens is 444 g/mol. The van der Waals surface area contributed by atoms with Crippen molar-refractivity contribution in [2.75, 3.05) is 31.6 Å². The van der Waals surface area contributed by atoms with Crippen molar-refractivity contribution >= 4 is 32.4 Å². The minimum Gasteiger partial charge on any atom is -0.379 e. The van der Waals surface area contributed by atoms with Crippen LogP contribution in [0.15, 0.2) is 58.2 Å². The van der Waals surface area contributed by atoms with E-state index in [-0.39, 0.29) is 10.5 Å². The SMILES string of the molecule is CCn1c(=O)c2ccccc2n2c(CNc3cccc(S(=O)(=O)N4CCOCC4)c3)nnc12. The van der Waals surface area contributed by atoms with E-state index in [1.165, 1.54) is 4.31 Å². The van der Waals surface area contributed by atoms with E-state index < -0.39 is 10.0 Å². The number of ether oxygens (including phenoxy) is 1. The first-order valence-electron chi connectivity index (χ1n) is 10.8. The number of sulfonamides is 1. The molecule has 0 amide bonds. The smallest absolute Gasteiger partial charge is 0.262 e. The average molecular weight is 469 g/mol. The van der Waals surface area contributed by atoms with Crippen molar-refractivity contribution in [2.45, 2.75) is 24.9 Å². The molecule has 0 spiro atoms. The number of hydrogen-bond acceptors (Lipinski definition) is 7. The molecule has 1 aliphatic rings. The first-order valence-corrected chi connectivity index (χ1v) is 12.2. The summed E-state index contributed by atoms with van der Waals surface area (Å²) in [5.74, 6) is 1.09. The third kappa shape index (κ3) is 3.77. The van der Waals surface area contributed by atoms with Crippen LogP contribution < -0.4 is 10.9 Å². The van der Waals surface area contributed by atoms with Crippen molar-refractivity contribution in [1.82, 2.24) is 23.5 Å². The molecule has 3 heterocycles. The van der Waals surface area contributed by atoms with Crippen LogP contribution in [0.25, 0.3) is 16.7 Å². The van der Waals surface area contributed by atoms with E-state index in [9.17, 15) is 13.2 Å². The Labute approximate surface area is 190 Å². The van der Waals surface area contributed by atoms with Crippen molar-refractivity contribution < 1.29 is 13.2 Å². The summed E-state index contributed by atoms with van der Waals surface area (Å²) in [7, 11) is -3.59. The van der Waals surface area contributed by atoms with E-state index in [1.807, 2.05) is 35.6 Å². The highest BCUT2D eigenvalue weighted by Crippen LogP contribution is 2.21. The molecule has 1 saturated heterocycles. The summed E-state index contributed by atoms with van der Waals surface area (Å²) in [6.45, 7) is 4.15. The van der Waals surface area contributed by atoms with Gasteiger partial charge in [0, 0.05) is 25.3 Å².